The highest BCUT2D eigenvalue weighted by Crippen LogP contribution is 2.33. The van der Waals surface area contributed by atoms with E-state index in [9.17, 15) is 0 Å². The molecular formula is C16H20N2. The van der Waals surface area contributed by atoms with Crippen molar-refractivity contribution in [3.63, 3.8) is 0 Å². The molecule has 1 N–H and O–H groups in total. The maximum atomic E-state index is 4.32. The Bertz CT molecular complexity index is 526. The van der Waals surface area contributed by atoms with Gasteiger partial charge in [-0.05, 0) is 30.2 Å². The molecule has 3 rings (SSSR count). The molecular weight excluding hydrogens is 220 g/mol. The molecule has 2 nitrogen and oxygen atoms in total. The number of fused-ring (bicyclic) bond motifs is 1. The van der Waals surface area contributed by atoms with Crippen LogP contribution in [0.1, 0.15) is 31.7 Å². The van der Waals surface area contributed by atoms with Gasteiger partial charge in [0.15, 0.2) is 0 Å². The molecule has 1 heterocycles. The molecule has 2 aromatic rings. The summed E-state index contributed by atoms with van der Waals surface area (Å²) in [5.74, 6) is 0.984. The van der Waals surface area contributed by atoms with Gasteiger partial charge >= 0.3 is 0 Å². The van der Waals surface area contributed by atoms with Crippen LogP contribution < -0.4 is 5.32 Å². The Morgan fingerprint density at radius 2 is 2.11 bits per heavy atom. The van der Waals surface area contributed by atoms with Crippen LogP contribution in [0.2, 0.25) is 0 Å². The van der Waals surface area contributed by atoms with Crippen LogP contribution in [0.5, 0.6) is 0 Å². The zero-order valence-electron chi connectivity index (χ0n) is 10.9. The summed E-state index contributed by atoms with van der Waals surface area (Å²) in [5, 5.41) is 6.17. The molecule has 0 saturated heterocycles. The van der Waals surface area contributed by atoms with Crippen molar-refractivity contribution in [1.82, 2.24) is 10.3 Å². The van der Waals surface area contributed by atoms with Crippen LogP contribution in [-0.2, 0) is 6.54 Å². The van der Waals surface area contributed by atoms with Gasteiger partial charge in [-0.25, -0.2) is 0 Å². The lowest BCUT2D eigenvalue weighted by atomic mass is 10.1. The Balaban J connectivity index is 1.69. The van der Waals surface area contributed by atoms with Gasteiger partial charge in [0.05, 0.1) is 0 Å². The standard InChI is InChI=1S/C16H20N2/c1-12(8-13-6-7-13)18-11-15-10-17-9-14-4-2-3-5-16(14)15/h2-5,9-10,12-13,18H,6-8,11H2,1H3. The first kappa shape index (κ1) is 11.7. The van der Waals surface area contributed by atoms with Crippen LogP contribution in [0.3, 0.4) is 0 Å². The molecule has 0 spiro atoms. The monoisotopic (exact) mass is 240 g/mol. The molecule has 1 aromatic heterocycles. The Hall–Kier alpha value is -1.41. The SMILES string of the molecule is CC(CC1CC1)NCc1cncc2ccccc12. The average molecular weight is 240 g/mol. The highest BCUT2D eigenvalue weighted by atomic mass is 14.9. The van der Waals surface area contributed by atoms with Gasteiger partial charge in [0, 0.05) is 30.4 Å². The van der Waals surface area contributed by atoms with Gasteiger partial charge in [0.1, 0.15) is 0 Å². The fraction of sp³-hybridized carbons (Fsp3) is 0.438. The molecule has 1 unspecified atom stereocenters. The van der Waals surface area contributed by atoms with E-state index in [1.807, 2.05) is 12.4 Å². The summed E-state index contributed by atoms with van der Waals surface area (Å²) in [5.41, 5.74) is 1.30. The number of hydrogen-bond acceptors (Lipinski definition) is 2. The van der Waals surface area contributed by atoms with E-state index in [1.165, 1.54) is 35.6 Å². The van der Waals surface area contributed by atoms with Crippen LogP contribution in [0.4, 0.5) is 0 Å². The molecule has 0 aliphatic heterocycles. The van der Waals surface area contributed by atoms with E-state index < -0.39 is 0 Å². The van der Waals surface area contributed by atoms with E-state index in [1.54, 1.807) is 0 Å². The summed E-state index contributed by atoms with van der Waals surface area (Å²) >= 11 is 0. The van der Waals surface area contributed by atoms with Gasteiger partial charge in [-0.1, -0.05) is 37.1 Å². The first-order valence-corrected chi connectivity index (χ1v) is 6.88. The maximum Gasteiger partial charge on any atom is 0.0346 e. The van der Waals surface area contributed by atoms with Gasteiger partial charge < -0.3 is 5.32 Å². The highest BCUT2D eigenvalue weighted by molar-refractivity contribution is 5.84. The van der Waals surface area contributed by atoms with E-state index in [-0.39, 0.29) is 0 Å². The summed E-state index contributed by atoms with van der Waals surface area (Å²) in [6, 6.07) is 9.08. The lowest BCUT2D eigenvalue weighted by Crippen LogP contribution is -2.26. The first-order chi connectivity index (χ1) is 8.83. The van der Waals surface area contributed by atoms with Crippen LogP contribution in [0.15, 0.2) is 36.7 Å². The minimum absolute atomic E-state index is 0.608. The zero-order chi connectivity index (χ0) is 12.4. The van der Waals surface area contributed by atoms with E-state index in [2.05, 4.69) is 41.5 Å². The normalized spacial score (nSPS) is 16.9. The molecule has 1 saturated carbocycles. The van der Waals surface area contributed by atoms with Crippen molar-refractivity contribution in [2.45, 2.75) is 38.8 Å². The van der Waals surface area contributed by atoms with Crippen molar-refractivity contribution >= 4 is 10.8 Å². The molecule has 1 fully saturated rings. The van der Waals surface area contributed by atoms with Crippen molar-refractivity contribution < 1.29 is 0 Å². The molecule has 2 heteroatoms. The summed E-state index contributed by atoms with van der Waals surface area (Å²) in [6.45, 7) is 3.21. The van der Waals surface area contributed by atoms with Crippen LogP contribution in [-0.4, -0.2) is 11.0 Å². The van der Waals surface area contributed by atoms with Crippen molar-refractivity contribution in [3.8, 4) is 0 Å². The Labute approximate surface area is 108 Å². The van der Waals surface area contributed by atoms with E-state index in [0.29, 0.717) is 6.04 Å². The minimum Gasteiger partial charge on any atom is -0.310 e. The van der Waals surface area contributed by atoms with E-state index in [0.717, 1.165) is 12.5 Å². The predicted molar refractivity (Wildman–Crippen MR) is 75.4 cm³/mol. The lowest BCUT2D eigenvalue weighted by molar-refractivity contribution is 0.488. The molecule has 0 radical (unpaired) electrons. The van der Waals surface area contributed by atoms with Crippen molar-refractivity contribution in [2.75, 3.05) is 0 Å². The van der Waals surface area contributed by atoms with Crippen molar-refractivity contribution in [3.05, 3.63) is 42.2 Å². The second kappa shape index (κ2) is 5.07. The fourth-order valence-corrected chi connectivity index (χ4v) is 2.54. The van der Waals surface area contributed by atoms with Crippen LogP contribution in [0, 0.1) is 5.92 Å². The van der Waals surface area contributed by atoms with Crippen LogP contribution in [0.25, 0.3) is 10.8 Å². The Morgan fingerprint density at radius 3 is 2.94 bits per heavy atom. The third-order valence-electron chi connectivity index (χ3n) is 3.78. The maximum absolute atomic E-state index is 4.32. The van der Waals surface area contributed by atoms with Crippen molar-refractivity contribution in [2.24, 2.45) is 5.92 Å². The number of hydrogen-bond donors (Lipinski definition) is 1. The largest absolute Gasteiger partial charge is 0.310 e. The van der Waals surface area contributed by atoms with Gasteiger partial charge in [-0.2, -0.15) is 0 Å². The molecule has 1 atom stereocenters. The summed E-state index contributed by atoms with van der Waals surface area (Å²) in [6.07, 6.45) is 8.10. The average Bonchev–Trinajstić information content (AvgIpc) is 3.20. The number of nitrogens with zero attached hydrogens (tertiary/aromatic N) is 1. The molecule has 0 bridgehead atoms. The molecule has 94 valence electrons. The Morgan fingerprint density at radius 1 is 1.28 bits per heavy atom. The van der Waals surface area contributed by atoms with Gasteiger partial charge in [0.2, 0.25) is 0 Å². The predicted octanol–water partition coefficient (Wildman–Crippen LogP) is 3.51. The molecule has 1 aromatic carbocycles. The van der Waals surface area contributed by atoms with Crippen molar-refractivity contribution in [1.29, 1.82) is 0 Å². The van der Waals surface area contributed by atoms with Gasteiger partial charge in [-0.3, -0.25) is 4.98 Å². The highest BCUT2D eigenvalue weighted by Gasteiger charge is 2.23. The smallest absolute Gasteiger partial charge is 0.0346 e. The van der Waals surface area contributed by atoms with Gasteiger partial charge in [0.25, 0.3) is 0 Å². The molecule has 18 heavy (non-hydrogen) atoms. The summed E-state index contributed by atoms with van der Waals surface area (Å²) in [7, 11) is 0. The number of pyridine rings is 1. The minimum atomic E-state index is 0.608. The molecule has 1 aliphatic rings. The number of benzene rings is 1. The number of aromatic nitrogens is 1. The third-order valence-corrected chi connectivity index (χ3v) is 3.78. The van der Waals surface area contributed by atoms with E-state index >= 15 is 0 Å². The fourth-order valence-electron chi connectivity index (χ4n) is 2.54. The second-order valence-corrected chi connectivity index (χ2v) is 5.48. The first-order valence-electron chi connectivity index (χ1n) is 6.88. The molecule has 1 aliphatic carbocycles. The number of rotatable bonds is 5. The second-order valence-electron chi connectivity index (χ2n) is 5.48. The summed E-state index contributed by atoms with van der Waals surface area (Å²) in [4.78, 5) is 4.32. The quantitative estimate of drug-likeness (QED) is 0.865. The van der Waals surface area contributed by atoms with E-state index in [4.69, 9.17) is 0 Å². The van der Waals surface area contributed by atoms with Crippen LogP contribution >= 0.6 is 0 Å². The third kappa shape index (κ3) is 2.70. The van der Waals surface area contributed by atoms with Gasteiger partial charge in [-0.15, -0.1) is 0 Å². The number of nitrogens with one attached hydrogen (secondary N) is 1. The summed E-state index contributed by atoms with van der Waals surface area (Å²) < 4.78 is 0. The molecule has 0 amide bonds. The topological polar surface area (TPSA) is 24.9 Å². The zero-order valence-corrected chi connectivity index (χ0v) is 10.9. The Kier molecular flexibility index (Phi) is 3.28. The lowest BCUT2D eigenvalue weighted by Gasteiger charge is -2.14.